The van der Waals surface area contributed by atoms with Gasteiger partial charge in [0, 0.05) is 31.7 Å². The van der Waals surface area contributed by atoms with E-state index in [-0.39, 0.29) is 6.04 Å². The van der Waals surface area contributed by atoms with Crippen LogP contribution in [0.5, 0.6) is 0 Å². The first kappa shape index (κ1) is 11.6. The van der Waals surface area contributed by atoms with Crippen LogP contribution in [-0.2, 0) is 9.59 Å². The van der Waals surface area contributed by atoms with E-state index in [0.29, 0.717) is 0 Å². The predicted molar refractivity (Wildman–Crippen MR) is 65.9 cm³/mol. The highest BCUT2D eigenvalue weighted by Gasteiger charge is 2.24. The third-order valence-electron chi connectivity index (χ3n) is 2.96. The minimum absolute atomic E-state index is 0.0756. The van der Waals surface area contributed by atoms with Gasteiger partial charge < -0.3 is 10.2 Å². The third-order valence-corrected chi connectivity index (χ3v) is 2.96. The number of benzene rings is 1. The van der Waals surface area contributed by atoms with Crippen LogP contribution in [0.4, 0.5) is 5.69 Å². The molecular weight excluding hydrogens is 216 g/mol. The fourth-order valence-electron chi connectivity index (χ4n) is 2.04. The van der Waals surface area contributed by atoms with Crippen molar-refractivity contribution >= 4 is 17.4 Å². The second-order valence-electron chi connectivity index (χ2n) is 4.30. The Morgan fingerprint density at radius 3 is 2.65 bits per heavy atom. The summed E-state index contributed by atoms with van der Waals surface area (Å²) in [6, 6.07) is 10.2. The van der Waals surface area contributed by atoms with Crippen LogP contribution >= 0.6 is 0 Å². The summed E-state index contributed by atoms with van der Waals surface area (Å²) in [5.74, 6) is -0.909. The molecule has 0 bridgehead atoms. The summed E-state index contributed by atoms with van der Waals surface area (Å²) in [6.45, 7) is 2.97. The van der Waals surface area contributed by atoms with E-state index in [1.807, 2.05) is 18.2 Å². The number of rotatable bonds is 3. The van der Waals surface area contributed by atoms with Gasteiger partial charge in [0.05, 0.1) is 0 Å². The van der Waals surface area contributed by atoms with E-state index in [1.165, 1.54) is 6.92 Å². The van der Waals surface area contributed by atoms with Crippen molar-refractivity contribution in [3.8, 4) is 0 Å². The Bertz CT molecular complexity index is 417. The Morgan fingerprint density at radius 1 is 1.29 bits per heavy atom. The highest BCUT2D eigenvalue weighted by molar-refractivity contribution is 6.35. The van der Waals surface area contributed by atoms with E-state index < -0.39 is 11.7 Å². The zero-order chi connectivity index (χ0) is 12.3. The average molecular weight is 232 g/mol. The van der Waals surface area contributed by atoms with Crippen LogP contribution in [0.3, 0.4) is 0 Å². The van der Waals surface area contributed by atoms with Gasteiger partial charge in [0.15, 0.2) is 0 Å². The number of amides is 1. The number of Topliss-reactive ketones (excluding diaryl/α,β-unsaturated/α-hetero) is 1. The summed E-state index contributed by atoms with van der Waals surface area (Å²) >= 11 is 0. The smallest absolute Gasteiger partial charge is 0.287 e. The molecule has 4 heteroatoms. The molecule has 1 N–H and O–H groups in total. The van der Waals surface area contributed by atoms with Gasteiger partial charge >= 0.3 is 0 Å². The summed E-state index contributed by atoms with van der Waals surface area (Å²) in [5.41, 5.74) is 1.16. The van der Waals surface area contributed by atoms with E-state index in [2.05, 4.69) is 22.3 Å². The zero-order valence-corrected chi connectivity index (χ0v) is 9.85. The maximum Gasteiger partial charge on any atom is 0.287 e. The molecule has 17 heavy (non-hydrogen) atoms. The minimum Gasteiger partial charge on any atom is -0.369 e. The van der Waals surface area contributed by atoms with Gasteiger partial charge in [-0.3, -0.25) is 9.59 Å². The molecule has 1 aromatic rings. The summed E-state index contributed by atoms with van der Waals surface area (Å²) in [4.78, 5) is 24.3. The molecule has 1 unspecified atom stereocenters. The minimum atomic E-state index is -0.482. The molecule has 1 atom stereocenters. The van der Waals surface area contributed by atoms with Crippen LogP contribution in [0.25, 0.3) is 0 Å². The SMILES string of the molecule is CC(=O)C(=O)NC1CCN(c2ccccc2)C1. The molecular formula is C13H16N2O2. The van der Waals surface area contributed by atoms with Crippen molar-refractivity contribution in [2.75, 3.05) is 18.0 Å². The van der Waals surface area contributed by atoms with Gasteiger partial charge in [-0.1, -0.05) is 18.2 Å². The van der Waals surface area contributed by atoms with Crippen molar-refractivity contribution in [2.24, 2.45) is 0 Å². The number of ketones is 1. The van der Waals surface area contributed by atoms with E-state index in [4.69, 9.17) is 0 Å². The maximum atomic E-state index is 11.3. The normalized spacial score (nSPS) is 19.1. The Morgan fingerprint density at radius 2 is 2.00 bits per heavy atom. The molecule has 2 rings (SSSR count). The number of carbonyl (C=O) groups excluding carboxylic acids is 2. The Balaban J connectivity index is 1.92. The zero-order valence-electron chi connectivity index (χ0n) is 9.85. The van der Waals surface area contributed by atoms with Crippen molar-refractivity contribution in [1.29, 1.82) is 0 Å². The molecule has 0 radical (unpaired) electrons. The van der Waals surface area contributed by atoms with Crippen LogP contribution in [0.15, 0.2) is 30.3 Å². The summed E-state index contributed by atoms with van der Waals surface area (Å²) in [7, 11) is 0. The topological polar surface area (TPSA) is 49.4 Å². The second-order valence-corrected chi connectivity index (χ2v) is 4.30. The van der Waals surface area contributed by atoms with Gasteiger partial charge in [0.25, 0.3) is 5.91 Å². The van der Waals surface area contributed by atoms with E-state index in [9.17, 15) is 9.59 Å². The average Bonchev–Trinajstić information content (AvgIpc) is 2.78. The number of nitrogens with one attached hydrogen (secondary N) is 1. The first-order valence-electron chi connectivity index (χ1n) is 5.78. The number of carbonyl (C=O) groups is 2. The monoisotopic (exact) mass is 232 g/mol. The molecule has 1 aliphatic rings. The summed E-state index contributed by atoms with van der Waals surface area (Å²) < 4.78 is 0. The third kappa shape index (κ3) is 2.84. The van der Waals surface area contributed by atoms with E-state index in [1.54, 1.807) is 0 Å². The lowest BCUT2D eigenvalue weighted by Gasteiger charge is -2.18. The molecule has 1 aliphatic heterocycles. The number of hydrogen-bond acceptors (Lipinski definition) is 3. The summed E-state index contributed by atoms with van der Waals surface area (Å²) in [6.07, 6.45) is 0.883. The number of hydrogen-bond donors (Lipinski definition) is 1. The fraction of sp³-hybridized carbons (Fsp3) is 0.385. The molecule has 0 aromatic heterocycles. The van der Waals surface area contributed by atoms with E-state index >= 15 is 0 Å². The predicted octanol–water partition coefficient (Wildman–Crippen LogP) is 0.970. The van der Waals surface area contributed by atoms with Gasteiger partial charge in [-0.15, -0.1) is 0 Å². The van der Waals surface area contributed by atoms with Crippen molar-refractivity contribution in [3.05, 3.63) is 30.3 Å². The Kier molecular flexibility index (Phi) is 3.42. The molecule has 1 amide bonds. The summed E-state index contributed by atoms with van der Waals surface area (Å²) in [5, 5.41) is 2.75. The fourth-order valence-corrected chi connectivity index (χ4v) is 2.04. The van der Waals surface area contributed by atoms with Gasteiger partial charge in [-0.05, 0) is 18.6 Å². The second kappa shape index (κ2) is 4.99. The van der Waals surface area contributed by atoms with Gasteiger partial charge in [0.2, 0.25) is 5.78 Å². The molecule has 1 aromatic carbocycles. The van der Waals surface area contributed by atoms with Crippen LogP contribution < -0.4 is 10.2 Å². The maximum absolute atomic E-state index is 11.3. The number of anilines is 1. The largest absolute Gasteiger partial charge is 0.369 e. The van der Waals surface area contributed by atoms with Crippen LogP contribution in [0, 0.1) is 0 Å². The Labute approximate surface area is 101 Å². The molecule has 1 saturated heterocycles. The van der Waals surface area contributed by atoms with Crippen molar-refractivity contribution in [2.45, 2.75) is 19.4 Å². The standard InChI is InChI=1S/C13H16N2O2/c1-10(16)13(17)14-11-7-8-15(9-11)12-5-3-2-4-6-12/h2-6,11H,7-9H2,1H3,(H,14,17). The molecule has 4 nitrogen and oxygen atoms in total. The van der Waals surface area contributed by atoms with Crippen LogP contribution in [0.1, 0.15) is 13.3 Å². The Hall–Kier alpha value is -1.84. The van der Waals surface area contributed by atoms with Gasteiger partial charge in [-0.2, -0.15) is 0 Å². The van der Waals surface area contributed by atoms with E-state index in [0.717, 1.165) is 25.2 Å². The van der Waals surface area contributed by atoms with Gasteiger partial charge in [-0.25, -0.2) is 0 Å². The van der Waals surface area contributed by atoms with Crippen molar-refractivity contribution in [1.82, 2.24) is 5.32 Å². The lowest BCUT2D eigenvalue weighted by molar-refractivity contribution is -0.137. The molecule has 0 saturated carbocycles. The molecule has 1 heterocycles. The first-order chi connectivity index (χ1) is 8.16. The number of nitrogens with zero attached hydrogens (tertiary/aromatic N) is 1. The molecule has 0 spiro atoms. The molecule has 1 fully saturated rings. The van der Waals surface area contributed by atoms with Crippen LogP contribution in [-0.4, -0.2) is 30.8 Å². The van der Waals surface area contributed by atoms with Gasteiger partial charge in [0.1, 0.15) is 0 Å². The van der Waals surface area contributed by atoms with Crippen LogP contribution in [0.2, 0.25) is 0 Å². The van der Waals surface area contributed by atoms with Crippen molar-refractivity contribution < 1.29 is 9.59 Å². The highest BCUT2D eigenvalue weighted by Crippen LogP contribution is 2.19. The quantitative estimate of drug-likeness (QED) is 0.790. The lowest BCUT2D eigenvalue weighted by atomic mass is 10.2. The molecule has 90 valence electrons. The number of para-hydroxylation sites is 1. The lowest BCUT2D eigenvalue weighted by Crippen LogP contribution is -2.40. The van der Waals surface area contributed by atoms with Crippen molar-refractivity contribution in [3.63, 3.8) is 0 Å². The molecule has 0 aliphatic carbocycles. The first-order valence-corrected chi connectivity index (χ1v) is 5.78. The highest BCUT2D eigenvalue weighted by atomic mass is 16.2.